The molecule has 1 aromatic rings. The molecule has 1 aliphatic heterocycles. The maximum absolute atomic E-state index is 11.6. The Morgan fingerprint density at radius 3 is 2.22 bits per heavy atom. The lowest BCUT2D eigenvalue weighted by molar-refractivity contribution is -0.0916. The summed E-state index contributed by atoms with van der Waals surface area (Å²) in [5, 5.41) is 0. The Morgan fingerprint density at radius 1 is 1.09 bits per heavy atom. The third-order valence-corrected chi connectivity index (χ3v) is 5.29. The van der Waals surface area contributed by atoms with Gasteiger partial charge in [0.15, 0.2) is 5.75 Å². The van der Waals surface area contributed by atoms with Gasteiger partial charge in [0.1, 0.15) is 0 Å². The van der Waals surface area contributed by atoms with E-state index in [1.807, 2.05) is 27.7 Å². The van der Waals surface area contributed by atoms with Crippen LogP contribution in [0.15, 0.2) is 24.3 Å². The van der Waals surface area contributed by atoms with Crippen LogP contribution in [0.25, 0.3) is 0 Å². The lowest BCUT2D eigenvalue weighted by Gasteiger charge is -2.32. The Labute approximate surface area is 138 Å². The van der Waals surface area contributed by atoms with E-state index in [-0.39, 0.29) is 11.5 Å². The molecule has 6 nitrogen and oxygen atoms in total. The van der Waals surface area contributed by atoms with E-state index in [1.165, 1.54) is 0 Å². The van der Waals surface area contributed by atoms with Gasteiger partial charge in [-0.3, -0.25) is 0 Å². The summed E-state index contributed by atoms with van der Waals surface area (Å²) in [5.41, 5.74) is -0.419. The number of rotatable bonds is 6. The Bertz CT molecular complexity index is 640. The lowest BCUT2D eigenvalue weighted by Crippen LogP contribution is -2.41. The van der Waals surface area contributed by atoms with E-state index in [2.05, 4.69) is 4.33 Å². The van der Waals surface area contributed by atoms with Crippen molar-refractivity contribution in [2.45, 2.75) is 52.2 Å². The Kier molecular flexibility index (Phi) is 5.10. The largest absolute Gasteiger partial charge is 0.498 e. The van der Waals surface area contributed by atoms with E-state index >= 15 is 0 Å². The van der Waals surface area contributed by atoms with Gasteiger partial charge in [-0.2, -0.15) is 8.42 Å². The van der Waals surface area contributed by atoms with Crippen molar-refractivity contribution < 1.29 is 26.9 Å². The highest BCUT2D eigenvalue weighted by Crippen LogP contribution is 2.37. The van der Waals surface area contributed by atoms with Crippen LogP contribution in [-0.2, 0) is 23.8 Å². The Hall–Kier alpha value is -1.09. The van der Waals surface area contributed by atoms with Gasteiger partial charge in [-0.25, -0.2) is 0 Å². The third kappa shape index (κ3) is 4.06. The van der Waals surface area contributed by atoms with Crippen LogP contribution in [0.2, 0.25) is 0 Å². The average molecular weight is 342 g/mol. The third-order valence-electron chi connectivity index (χ3n) is 4.11. The molecule has 1 saturated heterocycles. The molecule has 23 heavy (non-hydrogen) atoms. The van der Waals surface area contributed by atoms with Gasteiger partial charge < -0.3 is 14.2 Å². The monoisotopic (exact) mass is 342 g/mol. The molecule has 8 heteroatoms. The molecule has 0 aliphatic carbocycles. The quantitative estimate of drug-likeness (QED) is 0.448. The molecule has 0 radical (unpaired) electrons. The highest BCUT2D eigenvalue weighted by Gasteiger charge is 2.52. The highest BCUT2D eigenvalue weighted by atomic mass is 32.2. The van der Waals surface area contributed by atoms with Crippen molar-refractivity contribution in [3.05, 3.63) is 24.3 Å². The summed E-state index contributed by atoms with van der Waals surface area (Å²) in [4.78, 5) is 5.06. The summed E-state index contributed by atoms with van der Waals surface area (Å²) in [6.45, 7) is 9.52. The molecule has 1 aromatic carbocycles. The number of benzene rings is 1. The normalized spacial score (nSPS) is 19.8. The minimum absolute atomic E-state index is 0.105. The average Bonchev–Trinajstić information content (AvgIpc) is 2.65. The summed E-state index contributed by atoms with van der Waals surface area (Å²) in [6, 6.07) is 6.89. The highest BCUT2D eigenvalue weighted by molar-refractivity contribution is 7.86. The predicted octanol–water partition coefficient (Wildman–Crippen LogP) is 2.04. The van der Waals surface area contributed by atoms with Gasteiger partial charge in [0, 0.05) is 5.46 Å². The molecule has 0 aromatic heterocycles. The molecule has 0 amide bonds. The van der Waals surface area contributed by atoms with Crippen LogP contribution in [0.5, 0.6) is 5.75 Å². The van der Waals surface area contributed by atoms with Crippen molar-refractivity contribution in [3.8, 4) is 5.75 Å². The molecule has 0 spiro atoms. The molecule has 1 aliphatic rings. The van der Waals surface area contributed by atoms with Crippen molar-refractivity contribution in [2.24, 2.45) is 0 Å². The fraction of sp³-hybridized carbons (Fsp3) is 0.600. The number of hydrogen-bond acceptors (Lipinski definition) is 6. The minimum atomic E-state index is -3.72. The van der Waals surface area contributed by atoms with Crippen LogP contribution in [0, 0.1) is 0 Å². The minimum Gasteiger partial charge on any atom is -0.399 e. The van der Waals surface area contributed by atoms with Crippen LogP contribution >= 0.6 is 0 Å². The lowest BCUT2D eigenvalue weighted by atomic mass is 9.78. The fourth-order valence-electron chi connectivity index (χ4n) is 2.09. The number of hydrogen-bond donors (Lipinski definition) is 0. The number of para-hydroxylation sites is 1. The predicted molar refractivity (Wildman–Crippen MR) is 87.9 cm³/mol. The standard InChI is InChI=1S/C15H23BO6S/c1-6-11-23(17,18)22-19-13-10-8-7-9-12(13)16-20-14(2,3)15(4,5)21-16/h7-10H,6,11H2,1-5H3. The van der Waals surface area contributed by atoms with E-state index < -0.39 is 28.4 Å². The molecule has 0 atom stereocenters. The molecular formula is C15H23BO6S. The zero-order valence-electron chi connectivity index (χ0n) is 14.2. The van der Waals surface area contributed by atoms with Crippen molar-refractivity contribution in [1.82, 2.24) is 0 Å². The first-order chi connectivity index (χ1) is 10.6. The van der Waals surface area contributed by atoms with Gasteiger partial charge in [0.2, 0.25) is 0 Å². The van der Waals surface area contributed by atoms with Crippen molar-refractivity contribution in [1.29, 1.82) is 0 Å². The second-order valence-electron chi connectivity index (χ2n) is 6.54. The molecule has 128 valence electrons. The first kappa shape index (κ1) is 18.3. The zero-order chi connectivity index (χ0) is 17.3. The summed E-state index contributed by atoms with van der Waals surface area (Å²) >= 11 is 0. The van der Waals surface area contributed by atoms with Crippen LogP contribution in [0.1, 0.15) is 41.0 Å². The van der Waals surface area contributed by atoms with Crippen LogP contribution < -0.4 is 10.4 Å². The topological polar surface area (TPSA) is 71.1 Å². The summed E-state index contributed by atoms with van der Waals surface area (Å²) in [5.74, 6) is 0.150. The van der Waals surface area contributed by atoms with Gasteiger partial charge in [-0.15, -0.1) is 0 Å². The smallest absolute Gasteiger partial charge is 0.399 e. The van der Waals surface area contributed by atoms with E-state index in [9.17, 15) is 8.42 Å². The van der Waals surface area contributed by atoms with E-state index in [4.69, 9.17) is 14.2 Å². The van der Waals surface area contributed by atoms with Gasteiger partial charge in [0.05, 0.1) is 17.0 Å². The summed E-state index contributed by atoms with van der Waals surface area (Å²) < 4.78 is 39.8. The van der Waals surface area contributed by atoms with E-state index in [1.54, 1.807) is 31.2 Å². The first-order valence-corrected chi connectivity index (χ1v) is 9.19. The maximum Gasteiger partial charge on any atom is 0.498 e. The summed E-state index contributed by atoms with van der Waals surface area (Å²) in [6.07, 6.45) is 0.449. The molecule has 0 unspecified atom stereocenters. The second kappa shape index (κ2) is 6.43. The molecule has 1 heterocycles. The molecule has 2 rings (SSSR count). The van der Waals surface area contributed by atoms with Crippen LogP contribution in [0.4, 0.5) is 0 Å². The van der Waals surface area contributed by atoms with E-state index in [0.29, 0.717) is 11.9 Å². The summed E-state index contributed by atoms with van der Waals surface area (Å²) in [7, 11) is -4.38. The molecule has 0 N–H and O–H groups in total. The van der Waals surface area contributed by atoms with Crippen LogP contribution in [-0.4, -0.2) is 32.5 Å². The van der Waals surface area contributed by atoms with Gasteiger partial charge >= 0.3 is 17.2 Å². The van der Waals surface area contributed by atoms with Crippen molar-refractivity contribution in [3.63, 3.8) is 0 Å². The van der Waals surface area contributed by atoms with Gasteiger partial charge in [-0.05, 0) is 40.2 Å². The van der Waals surface area contributed by atoms with Crippen molar-refractivity contribution in [2.75, 3.05) is 5.75 Å². The SMILES string of the molecule is CCCS(=O)(=O)OOc1ccccc1B1OC(C)(C)C(C)(C)O1. The Morgan fingerprint density at radius 2 is 1.65 bits per heavy atom. The van der Waals surface area contributed by atoms with E-state index in [0.717, 1.165) is 0 Å². The van der Waals surface area contributed by atoms with Gasteiger partial charge in [-0.1, -0.05) is 29.5 Å². The fourth-order valence-corrected chi connectivity index (χ4v) is 2.84. The maximum atomic E-state index is 11.6. The van der Waals surface area contributed by atoms with Crippen molar-refractivity contribution >= 4 is 22.7 Å². The van der Waals surface area contributed by atoms with Gasteiger partial charge in [0.25, 0.3) is 0 Å². The zero-order valence-corrected chi connectivity index (χ0v) is 15.0. The Balaban J connectivity index is 2.19. The van der Waals surface area contributed by atoms with Crippen LogP contribution in [0.3, 0.4) is 0 Å². The molecular weight excluding hydrogens is 319 g/mol. The molecule has 0 bridgehead atoms. The second-order valence-corrected chi connectivity index (χ2v) is 8.20. The molecule has 0 saturated carbocycles. The first-order valence-electron chi connectivity index (χ1n) is 7.61. The molecule has 1 fully saturated rings.